The smallest absolute Gasteiger partial charge is 0.0866 e. The van der Waals surface area contributed by atoms with Crippen molar-refractivity contribution in [1.29, 1.82) is 0 Å². The van der Waals surface area contributed by atoms with Crippen LogP contribution in [0.1, 0.15) is 52.4 Å². The van der Waals surface area contributed by atoms with Gasteiger partial charge in [-0.3, -0.25) is 0 Å². The number of rotatable bonds is 2. The minimum Gasteiger partial charge on any atom is -0.369 e. The minimum atomic E-state index is -1.52. The predicted molar refractivity (Wildman–Crippen MR) is 92.9 cm³/mol. The molecule has 1 aromatic carbocycles. The Morgan fingerprint density at radius 1 is 1.00 bits per heavy atom. The zero-order valence-electron chi connectivity index (χ0n) is 14.1. The monoisotopic (exact) mass is 302 g/mol. The normalized spacial score (nSPS) is 27.9. The maximum atomic E-state index is 6.73. The Kier molecular flexibility index (Phi) is 3.82. The summed E-state index contributed by atoms with van der Waals surface area (Å²) in [5, 5.41) is 1.58. The molecule has 0 amide bonds. The van der Waals surface area contributed by atoms with E-state index in [0.717, 1.165) is 0 Å². The highest BCUT2D eigenvalue weighted by atomic mass is 28.3. The molecule has 2 fully saturated rings. The molecule has 1 heterocycles. The molecule has 1 nitrogen and oxygen atoms in total. The van der Waals surface area contributed by atoms with Gasteiger partial charge in [0, 0.05) is 0 Å². The van der Waals surface area contributed by atoms with Gasteiger partial charge in [0.2, 0.25) is 0 Å². The zero-order valence-corrected chi connectivity index (χ0v) is 15.1. The molecule has 0 bridgehead atoms. The molecule has 1 atom stereocenters. The van der Waals surface area contributed by atoms with E-state index in [1.165, 1.54) is 38.5 Å². The highest BCUT2D eigenvalue weighted by Gasteiger charge is 2.56. The van der Waals surface area contributed by atoms with Crippen LogP contribution in [0.2, 0.25) is 18.6 Å². The summed E-state index contributed by atoms with van der Waals surface area (Å²) in [7, 11) is -1.52. The van der Waals surface area contributed by atoms with E-state index in [4.69, 9.17) is 4.74 Å². The van der Waals surface area contributed by atoms with Gasteiger partial charge in [0.05, 0.1) is 19.3 Å². The molecule has 2 heteroatoms. The Balaban J connectivity index is 1.90. The number of benzene rings is 1. The van der Waals surface area contributed by atoms with Crippen molar-refractivity contribution >= 4 is 13.3 Å². The molecular weight excluding hydrogens is 272 g/mol. The minimum absolute atomic E-state index is 0.0307. The van der Waals surface area contributed by atoms with E-state index in [-0.39, 0.29) is 11.2 Å². The molecule has 116 valence electrons. The van der Waals surface area contributed by atoms with Crippen molar-refractivity contribution in [2.75, 3.05) is 0 Å². The van der Waals surface area contributed by atoms with Crippen LogP contribution >= 0.6 is 0 Å². The van der Waals surface area contributed by atoms with Crippen molar-refractivity contribution in [3.05, 3.63) is 30.3 Å². The average molecular weight is 303 g/mol. The first-order valence-electron chi connectivity index (χ1n) is 8.62. The van der Waals surface area contributed by atoms with E-state index < -0.39 is 8.07 Å². The lowest BCUT2D eigenvalue weighted by molar-refractivity contribution is -0.103. The third kappa shape index (κ3) is 2.73. The van der Waals surface area contributed by atoms with Gasteiger partial charge in [0.1, 0.15) is 0 Å². The van der Waals surface area contributed by atoms with Gasteiger partial charge >= 0.3 is 0 Å². The van der Waals surface area contributed by atoms with Crippen LogP contribution in [0.25, 0.3) is 0 Å². The summed E-state index contributed by atoms with van der Waals surface area (Å²) in [6, 6.07) is 11.2. The maximum absolute atomic E-state index is 6.73. The summed E-state index contributed by atoms with van der Waals surface area (Å²) in [5.41, 5.74) is 0.944. The first-order valence-corrected chi connectivity index (χ1v) is 11.7. The molecule has 2 aliphatic rings. The summed E-state index contributed by atoms with van der Waals surface area (Å²) in [6.45, 7) is 9.78. The van der Waals surface area contributed by atoms with E-state index in [2.05, 4.69) is 57.3 Å². The van der Waals surface area contributed by atoms with Gasteiger partial charge < -0.3 is 4.74 Å². The number of hydrogen-bond donors (Lipinski definition) is 0. The lowest BCUT2D eigenvalue weighted by atomic mass is 9.82. The van der Waals surface area contributed by atoms with Gasteiger partial charge in [-0.2, -0.15) is 0 Å². The van der Waals surface area contributed by atoms with Gasteiger partial charge in [-0.05, 0) is 38.7 Å². The number of ether oxygens (including phenoxy) is 1. The molecule has 0 N–H and O–H groups in total. The average Bonchev–Trinajstić information content (AvgIpc) is 2.72. The number of hydrogen-bond acceptors (Lipinski definition) is 1. The van der Waals surface area contributed by atoms with Crippen molar-refractivity contribution in [3.8, 4) is 0 Å². The first-order chi connectivity index (χ1) is 9.86. The molecule has 1 spiro atoms. The van der Waals surface area contributed by atoms with Crippen molar-refractivity contribution in [1.82, 2.24) is 0 Å². The quantitative estimate of drug-likeness (QED) is 0.708. The van der Waals surface area contributed by atoms with Crippen molar-refractivity contribution in [2.24, 2.45) is 0 Å². The van der Waals surface area contributed by atoms with Crippen LogP contribution in [0, 0.1) is 0 Å². The fourth-order valence-electron chi connectivity index (χ4n) is 4.98. The van der Waals surface area contributed by atoms with Crippen molar-refractivity contribution in [2.45, 2.75) is 82.2 Å². The van der Waals surface area contributed by atoms with E-state index in [1.54, 1.807) is 5.19 Å². The lowest BCUT2D eigenvalue weighted by Gasteiger charge is -2.38. The Bertz CT molecular complexity index is 486. The standard InChI is InChI=1S/C19H30OSi/c1-18(2)17(15-19(20-18)13-9-6-10-14-19)21(3,4)16-11-7-5-8-12-16/h5,7-8,11-12,17H,6,9-10,13-15H2,1-4H3/t17-/m1/s1. The van der Waals surface area contributed by atoms with Crippen LogP contribution < -0.4 is 5.19 Å². The van der Waals surface area contributed by atoms with Gasteiger partial charge in [-0.1, -0.05) is 67.9 Å². The van der Waals surface area contributed by atoms with Crippen molar-refractivity contribution in [3.63, 3.8) is 0 Å². The Hall–Kier alpha value is -0.603. The molecule has 1 aromatic rings. The molecule has 21 heavy (non-hydrogen) atoms. The topological polar surface area (TPSA) is 9.23 Å². The van der Waals surface area contributed by atoms with E-state index >= 15 is 0 Å². The first kappa shape index (κ1) is 15.3. The third-order valence-corrected chi connectivity index (χ3v) is 10.5. The summed E-state index contributed by atoms with van der Waals surface area (Å²) < 4.78 is 6.73. The van der Waals surface area contributed by atoms with Crippen LogP contribution in [-0.4, -0.2) is 19.3 Å². The lowest BCUT2D eigenvalue weighted by Crippen LogP contribution is -2.51. The summed E-state index contributed by atoms with van der Waals surface area (Å²) in [4.78, 5) is 0. The van der Waals surface area contributed by atoms with Gasteiger partial charge in [0.15, 0.2) is 0 Å². The predicted octanol–water partition coefficient (Wildman–Crippen LogP) is 4.87. The fraction of sp³-hybridized carbons (Fsp3) is 0.684. The molecule has 1 saturated carbocycles. The summed E-state index contributed by atoms with van der Waals surface area (Å²) in [6.07, 6.45) is 7.97. The summed E-state index contributed by atoms with van der Waals surface area (Å²) >= 11 is 0. The van der Waals surface area contributed by atoms with Crippen molar-refractivity contribution < 1.29 is 4.74 Å². The van der Waals surface area contributed by atoms with Gasteiger partial charge in [0.25, 0.3) is 0 Å². The summed E-state index contributed by atoms with van der Waals surface area (Å²) in [5.74, 6) is 0. The van der Waals surface area contributed by atoms with Crippen LogP contribution in [0.4, 0.5) is 0 Å². The van der Waals surface area contributed by atoms with Gasteiger partial charge in [-0.15, -0.1) is 0 Å². The Morgan fingerprint density at radius 3 is 2.24 bits per heavy atom. The highest BCUT2D eigenvalue weighted by molar-refractivity contribution is 6.91. The molecule has 3 rings (SSSR count). The SMILES string of the molecule is CC1(C)OC2(CCCCC2)C[C@H]1[Si](C)(C)c1ccccc1. The second-order valence-electron chi connectivity index (χ2n) is 8.29. The Morgan fingerprint density at radius 2 is 1.62 bits per heavy atom. The van der Waals surface area contributed by atoms with Crippen LogP contribution in [-0.2, 0) is 4.74 Å². The molecule has 0 aromatic heterocycles. The fourth-order valence-corrected chi connectivity index (χ4v) is 9.12. The van der Waals surface area contributed by atoms with Gasteiger partial charge in [-0.25, -0.2) is 0 Å². The van der Waals surface area contributed by atoms with Crippen LogP contribution in [0.3, 0.4) is 0 Å². The zero-order chi connectivity index (χ0) is 15.1. The second kappa shape index (κ2) is 5.24. The van der Waals surface area contributed by atoms with Crippen LogP contribution in [0.15, 0.2) is 30.3 Å². The second-order valence-corrected chi connectivity index (χ2v) is 13.0. The third-order valence-electron chi connectivity index (χ3n) is 6.05. The molecular formula is C19H30OSi. The molecule has 1 saturated heterocycles. The molecule has 0 radical (unpaired) electrons. The highest BCUT2D eigenvalue weighted by Crippen LogP contribution is 2.55. The maximum Gasteiger partial charge on any atom is 0.0866 e. The van der Waals surface area contributed by atoms with E-state index in [1.807, 2.05) is 0 Å². The molecule has 1 aliphatic heterocycles. The van der Waals surface area contributed by atoms with E-state index in [9.17, 15) is 0 Å². The molecule has 0 unspecified atom stereocenters. The molecule has 1 aliphatic carbocycles. The van der Waals surface area contributed by atoms with E-state index in [0.29, 0.717) is 5.54 Å². The van der Waals surface area contributed by atoms with Crippen LogP contribution in [0.5, 0.6) is 0 Å². The Labute approximate surface area is 131 Å². The largest absolute Gasteiger partial charge is 0.369 e.